The molecule has 0 bridgehead atoms. The van der Waals surface area contributed by atoms with E-state index in [2.05, 4.69) is 5.10 Å². The highest BCUT2D eigenvalue weighted by Gasteiger charge is 2.16. The van der Waals surface area contributed by atoms with Crippen molar-refractivity contribution in [3.63, 3.8) is 0 Å². The van der Waals surface area contributed by atoms with Gasteiger partial charge in [0.05, 0.1) is 26.5 Å². The summed E-state index contributed by atoms with van der Waals surface area (Å²) >= 11 is 0. The Morgan fingerprint density at radius 1 is 1.32 bits per heavy atom. The number of hydrogen-bond acceptors (Lipinski definition) is 5. The molecule has 0 aliphatic rings. The van der Waals surface area contributed by atoms with E-state index in [4.69, 9.17) is 15.2 Å². The summed E-state index contributed by atoms with van der Waals surface area (Å²) in [4.78, 5) is 13.3. The molecule has 7 heteroatoms. The van der Waals surface area contributed by atoms with Gasteiger partial charge < -0.3 is 15.2 Å². The van der Waals surface area contributed by atoms with Crippen molar-refractivity contribution in [1.82, 2.24) is 9.78 Å². The number of ether oxygens (including phenoxy) is 2. The van der Waals surface area contributed by atoms with Gasteiger partial charge in [-0.15, -0.1) is 0 Å². The summed E-state index contributed by atoms with van der Waals surface area (Å²) in [6.07, 6.45) is 1.59. The van der Waals surface area contributed by atoms with Crippen LogP contribution in [0.3, 0.4) is 0 Å². The molecule has 0 aliphatic heterocycles. The van der Waals surface area contributed by atoms with Gasteiger partial charge in [-0.2, -0.15) is 5.10 Å². The molecule has 0 fully saturated rings. The van der Waals surface area contributed by atoms with Crippen molar-refractivity contribution in [3.05, 3.63) is 35.5 Å². The van der Waals surface area contributed by atoms with Crippen molar-refractivity contribution in [2.45, 2.75) is 39.4 Å². The number of benzene rings is 1. The lowest BCUT2D eigenvalue weighted by atomic mass is 10.1. The van der Waals surface area contributed by atoms with Crippen LogP contribution in [0, 0.1) is 6.92 Å². The summed E-state index contributed by atoms with van der Waals surface area (Å²) < 4.78 is 12.5. The first-order valence-corrected chi connectivity index (χ1v) is 8.21. The minimum Gasteiger partial charge on any atom is -0.497 e. The number of methoxy groups -OCH3 is 2. The molecule has 0 aliphatic carbocycles. The standard InChI is InChI=1S/C18H26N4O3/c1-13(19)7-8-22-18(9-14(2)20-22)21(12-23)11-15-5-6-16(24-3)10-17(15)25-4/h5-6,9-10,12-13H,7-8,11,19H2,1-4H3. The van der Waals surface area contributed by atoms with Gasteiger partial charge in [-0.1, -0.05) is 0 Å². The molecule has 1 unspecified atom stereocenters. The van der Waals surface area contributed by atoms with Crippen LogP contribution in [0.25, 0.3) is 0 Å². The van der Waals surface area contributed by atoms with E-state index >= 15 is 0 Å². The Bertz CT molecular complexity index is 712. The molecule has 0 spiro atoms. The van der Waals surface area contributed by atoms with Crippen molar-refractivity contribution in [2.75, 3.05) is 19.1 Å². The lowest BCUT2D eigenvalue weighted by molar-refractivity contribution is -0.107. The maximum Gasteiger partial charge on any atom is 0.215 e. The summed E-state index contributed by atoms with van der Waals surface area (Å²) in [5.74, 6) is 2.12. The molecule has 136 valence electrons. The summed E-state index contributed by atoms with van der Waals surface area (Å²) in [6, 6.07) is 7.51. The molecule has 1 heterocycles. The quantitative estimate of drug-likeness (QED) is 0.703. The highest BCUT2D eigenvalue weighted by Crippen LogP contribution is 2.27. The van der Waals surface area contributed by atoms with Crippen LogP contribution in [-0.2, 0) is 17.9 Å². The van der Waals surface area contributed by atoms with Gasteiger partial charge in [0.15, 0.2) is 0 Å². The molecule has 2 N–H and O–H groups in total. The number of nitrogens with two attached hydrogens (primary N) is 1. The van der Waals surface area contributed by atoms with Crippen LogP contribution < -0.4 is 20.1 Å². The van der Waals surface area contributed by atoms with Crippen LogP contribution in [0.4, 0.5) is 5.82 Å². The van der Waals surface area contributed by atoms with Gasteiger partial charge in [0.25, 0.3) is 0 Å². The number of hydrogen-bond donors (Lipinski definition) is 1. The summed E-state index contributed by atoms with van der Waals surface area (Å²) in [7, 11) is 3.20. The van der Waals surface area contributed by atoms with E-state index in [0.29, 0.717) is 24.6 Å². The van der Waals surface area contributed by atoms with Gasteiger partial charge in [0.1, 0.15) is 17.3 Å². The van der Waals surface area contributed by atoms with E-state index in [9.17, 15) is 4.79 Å². The third-order valence-corrected chi connectivity index (χ3v) is 3.93. The Hall–Kier alpha value is -2.54. The lowest BCUT2D eigenvalue weighted by Gasteiger charge is -2.20. The fourth-order valence-corrected chi connectivity index (χ4v) is 2.59. The van der Waals surface area contributed by atoms with Crippen LogP contribution in [0.15, 0.2) is 24.3 Å². The third kappa shape index (κ3) is 4.73. The first-order chi connectivity index (χ1) is 12.0. The fraction of sp³-hybridized carbons (Fsp3) is 0.444. The predicted molar refractivity (Wildman–Crippen MR) is 97.0 cm³/mol. The van der Waals surface area contributed by atoms with E-state index in [1.165, 1.54) is 0 Å². The zero-order valence-electron chi connectivity index (χ0n) is 15.2. The predicted octanol–water partition coefficient (Wildman–Crippen LogP) is 2.11. The van der Waals surface area contributed by atoms with E-state index < -0.39 is 0 Å². The molecule has 25 heavy (non-hydrogen) atoms. The summed E-state index contributed by atoms with van der Waals surface area (Å²) in [5.41, 5.74) is 7.58. The molecule has 1 aromatic carbocycles. The van der Waals surface area contributed by atoms with Gasteiger partial charge in [-0.05, 0) is 32.4 Å². The van der Waals surface area contributed by atoms with Crippen molar-refractivity contribution >= 4 is 12.2 Å². The molecule has 1 amide bonds. The molecule has 1 aromatic heterocycles. The van der Waals surface area contributed by atoms with E-state index in [0.717, 1.165) is 29.9 Å². The molecular formula is C18H26N4O3. The van der Waals surface area contributed by atoms with Crippen LogP contribution in [0.2, 0.25) is 0 Å². The lowest BCUT2D eigenvalue weighted by Crippen LogP contribution is -2.25. The van der Waals surface area contributed by atoms with E-state index in [-0.39, 0.29) is 6.04 Å². The molecule has 0 radical (unpaired) electrons. The topological polar surface area (TPSA) is 82.6 Å². The Morgan fingerprint density at radius 2 is 2.08 bits per heavy atom. The average Bonchev–Trinajstić information content (AvgIpc) is 2.98. The normalized spacial score (nSPS) is 11.9. The fourth-order valence-electron chi connectivity index (χ4n) is 2.59. The zero-order valence-corrected chi connectivity index (χ0v) is 15.2. The maximum atomic E-state index is 11.7. The number of aromatic nitrogens is 2. The van der Waals surface area contributed by atoms with Gasteiger partial charge in [0, 0.05) is 30.3 Å². The Morgan fingerprint density at radius 3 is 2.68 bits per heavy atom. The van der Waals surface area contributed by atoms with E-state index in [1.807, 2.05) is 36.7 Å². The number of rotatable bonds is 9. The number of carbonyl (C=O) groups is 1. The number of carbonyl (C=O) groups excluding carboxylic acids is 1. The molecule has 0 saturated carbocycles. The Kier molecular flexibility index (Phi) is 6.41. The average molecular weight is 346 g/mol. The summed E-state index contributed by atoms with van der Waals surface area (Å²) in [5, 5.41) is 4.47. The number of nitrogens with zero attached hydrogens (tertiary/aromatic N) is 3. The van der Waals surface area contributed by atoms with Gasteiger partial charge in [-0.25, -0.2) is 4.68 Å². The van der Waals surface area contributed by atoms with Crippen LogP contribution in [0.5, 0.6) is 11.5 Å². The minimum atomic E-state index is 0.0729. The second-order valence-corrected chi connectivity index (χ2v) is 6.04. The van der Waals surface area contributed by atoms with Gasteiger partial charge >= 0.3 is 0 Å². The maximum absolute atomic E-state index is 11.7. The minimum absolute atomic E-state index is 0.0729. The Balaban J connectivity index is 2.27. The first-order valence-electron chi connectivity index (χ1n) is 8.21. The zero-order chi connectivity index (χ0) is 18.4. The van der Waals surface area contributed by atoms with Gasteiger partial charge in [-0.3, -0.25) is 9.69 Å². The number of aryl methyl sites for hydroxylation is 2. The van der Waals surface area contributed by atoms with Crippen molar-refractivity contribution in [3.8, 4) is 11.5 Å². The monoisotopic (exact) mass is 346 g/mol. The smallest absolute Gasteiger partial charge is 0.215 e. The molecule has 2 aromatic rings. The van der Waals surface area contributed by atoms with Crippen LogP contribution >= 0.6 is 0 Å². The first kappa shape index (κ1) is 18.8. The second-order valence-electron chi connectivity index (χ2n) is 6.04. The molecular weight excluding hydrogens is 320 g/mol. The van der Waals surface area contributed by atoms with Gasteiger partial charge in [0.2, 0.25) is 6.41 Å². The second kappa shape index (κ2) is 8.53. The summed E-state index contributed by atoms with van der Waals surface area (Å²) in [6.45, 7) is 4.89. The number of anilines is 1. The van der Waals surface area contributed by atoms with Crippen molar-refractivity contribution in [1.29, 1.82) is 0 Å². The third-order valence-electron chi connectivity index (χ3n) is 3.93. The Labute approximate surface area is 148 Å². The van der Waals surface area contributed by atoms with Crippen molar-refractivity contribution in [2.24, 2.45) is 5.73 Å². The number of amides is 1. The van der Waals surface area contributed by atoms with Crippen LogP contribution in [-0.4, -0.2) is 36.5 Å². The molecule has 2 rings (SSSR count). The molecule has 7 nitrogen and oxygen atoms in total. The van der Waals surface area contributed by atoms with E-state index in [1.54, 1.807) is 25.2 Å². The highest BCUT2D eigenvalue weighted by atomic mass is 16.5. The molecule has 0 saturated heterocycles. The SMILES string of the molecule is COc1ccc(CN(C=O)c2cc(C)nn2CCC(C)N)c(OC)c1. The van der Waals surface area contributed by atoms with Crippen molar-refractivity contribution < 1.29 is 14.3 Å². The largest absolute Gasteiger partial charge is 0.497 e. The van der Waals surface area contributed by atoms with Crippen LogP contribution in [0.1, 0.15) is 24.6 Å². The highest BCUT2D eigenvalue weighted by molar-refractivity contribution is 5.73. The molecule has 1 atom stereocenters.